The van der Waals surface area contributed by atoms with Crippen molar-refractivity contribution in [2.24, 2.45) is 0 Å². The molecule has 1 amide bonds. The quantitative estimate of drug-likeness (QED) is 0.905. The highest BCUT2D eigenvalue weighted by Gasteiger charge is 2.22. The van der Waals surface area contributed by atoms with E-state index in [0.717, 1.165) is 28.9 Å². The Bertz CT molecular complexity index is 650. The van der Waals surface area contributed by atoms with Crippen LogP contribution in [0.15, 0.2) is 34.9 Å². The fraction of sp³-hybridized carbons (Fsp3) is 0.333. The summed E-state index contributed by atoms with van der Waals surface area (Å²) in [4.78, 5) is 16.3. The number of rotatable bonds is 3. The van der Waals surface area contributed by atoms with Gasteiger partial charge in [-0.2, -0.15) is 5.10 Å². The van der Waals surface area contributed by atoms with Crippen LogP contribution in [0.1, 0.15) is 5.69 Å². The third kappa shape index (κ3) is 3.30. The second kappa shape index (κ2) is 6.48. The lowest BCUT2D eigenvalue weighted by Gasteiger charge is -2.36. The summed E-state index contributed by atoms with van der Waals surface area (Å²) in [6.45, 7) is 2.84. The summed E-state index contributed by atoms with van der Waals surface area (Å²) in [5, 5.41) is 6.72. The third-order valence-corrected chi connectivity index (χ3v) is 4.50. The summed E-state index contributed by atoms with van der Waals surface area (Å²) in [7, 11) is 0. The van der Waals surface area contributed by atoms with Crippen LogP contribution in [-0.4, -0.2) is 47.2 Å². The maximum atomic E-state index is 13.0. The molecule has 1 aliphatic rings. The van der Waals surface area contributed by atoms with Gasteiger partial charge in [0, 0.05) is 31.9 Å². The molecule has 0 saturated carbocycles. The van der Waals surface area contributed by atoms with Crippen molar-refractivity contribution in [2.75, 3.05) is 31.1 Å². The number of aromatic amines is 1. The van der Waals surface area contributed by atoms with Crippen molar-refractivity contribution in [3.05, 3.63) is 46.4 Å². The predicted molar refractivity (Wildman–Crippen MR) is 85.2 cm³/mol. The molecule has 3 rings (SSSR count). The standard InChI is InChI=1S/C15H16BrFN4O/c16-13-10-18-19-14(13)9-15(22)21-7-5-20(6-8-21)12-3-1-11(17)2-4-12/h1-4,10H,5-9H2,(H,18,19). The molecule has 22 heavy (non-hydrogen) atoms. The highest BCUT2D eigenvalue weighted by atomic mass is 79.9. The first-order valence-corrected chi connectivity index (χ1v) is 7.89. The van der Waals surface area contributed by atoms with Gasteiger partial charge in [0.1, 0.15) is 5.82 Å². The van der Waals surface area contributed by atoms with Crippen molar-refractivity contribution in [1.82, 2.24) is 15.1 Å². The van der Waals surface area contributed by atoms with Gasteiger partial charge in [0.05, 0.1) is 22.8 Å². The minimum Gasteiger partial charge on any atom is -0.368 e. The number of anilines is 1. The summed E-state index contributed by atoms with van der Waals surface area (Å²) >= 11 is 3.36. The van der Waals surface area contributed by atoms with Crippen LogP contribution >= 0.6 is 15.9 Å². The third-order valence-electron chi connectivity index (χ3n) is 3.82. The molecule has 5 nitrogen and oxygen atoms in total. The maximum absolute atomic E-state index is 13.0. The van der Waals surface area contributed by atoms with Crippen LogP contribution in [0, 0.1) is 5.82 Å². The molecule has 2 heterocycles. The van der Waals surface area contributed by atoms with E-state index in [2.05, 4.69) is 31.0 Å². The zero-order valence-corrected chi connectivity index (χ0v) is 13.5. The molecule has 1 fully saturated rings. The van der Waals surface area contributed by atoms with Crippen molar-refractivity contribution in [3.8, 4) is 0 Å². The van der Waals surface area contributed by atoms with E-state index < -0.39 is 0 Å². The number of carbonyl (C=O) groups excluding carboxylic acids is 1. The summed E-state index contributed by atoms with van der Waals surface area (Å²) in [5.74, 6) is -0.147. The van der Waals surface area contributed by atoms with Crippen molar-refractivity contribution in [1.29, 1.82) is 0 Å². The number of benzene rings is 1. The number of aromatic nitrogens is 2. The molecule has 0 aliphatic carbocycles. The van der Waals surface area contributed by atoms with Crippen LogP contribution in [0.5, 0.6) is 0 Å². The number of piperazine rings is 1. The summed E-state index contributed by atoms with van der Waals surface area (Å²) in [5.41, 5.74) is 1.79. The fourth-order valence-corrected chi connectivity index (χ4v) is 2.88. The van der Waals surface area contributed by atoms with Crippen molar-refractivity contribution in [3.63, 3.8) is 0 Å². The number of hydrogen-bond acceptors (Lipinski definition) is 3. The van der Waals surface area contributed by atoms with Crippen LogP contribution in [0.2, 0.25) is 0 Å². The smallest absolute Gasteiger partial charge is 0.228 e. The molecule has 0 spiro atoms. The van der Waals surface area contributed by atoms with E-state index in [-0.39, 0.29) is 11.7 Å². The zero-order valence-electron chi connectivity index (χ0n) is 11.9. The van der Waals surface area contributed by atoms with E-state index in [1.807, 2.05) is 4.90 Å². The number of amides is 1. The number of nitrogens with one attached hydrogen (secondary N) is 1. The van der Waals surface area contributed by atoms with Crippen molar-refractivity contribution in [2.45, 2.75) is 6.42 Å². The van der Waals surface area contributed by atoms with Gasteiger partial charge < -0.3 is 9.80 Å². The van der Waals surface area contributed by atoms with Gasteiger partial charge >= 0.3 is 0 Å². The average Bonchev–Trinajstić information content (AvgIpc) is 2.93. The van der Waals surface area contributed by atoms with Gasteiger partial charge in [-0.15, -0.1) is 0 Å². The number of halogens is 2. The number of H-pyrrole nitrogens is 1. The first kappa shape index (κ1) is 15.0. The van der Waals surface area contributed by atoms with E-state index in [1.165, 1.54) is 12.1 Å². The van der Waals surface area contributed by atoms with Crippen LogP contribution in [0.25, 0.3) is 0 Å². The minimum absolute atomic E-state index is 0.0868. The van der Waals surface area contributed by atoms with E-state index in [1.54, 1.807) is 18.3 Å². The monoisotopic (exact) mass is 366 g/mol. The molecular formula is C15H16BrFN4O. The van der Waals surface area contributed by atoms with Crippen LogP contribution < -0.4 is 4.90 Å². The minimum atomic E-state index is -0.234. The second-order valence-corrected chi connectivity index (χ2v) is 6.07. The number of hydrogen-bond donors (Lipinski definition) is 1. The number of carbonyl (C=O) groups is 1. The van der Waals surface area contributed by atoms with Gasteiger partial charge in [-0.05, 0) is 40.2 Å². The Kier molecular flexibility index (Phi) is 4.42. The lowest BCUT2D eigenvalue weighted by Crippen LogP contribution is -2.49. The van der Waals surface area contributed by atoms with Crippen LogP contribution in [0.4, 0.5) is 10.1 Å². The molecule has 1 aromatic carbocycles. The van der Waals surface area contributed by atoms with Crippen molar-refractivity contribution < 1.29 is 9.18 Å². The molecule has 7 heteroatoms. The Hall–Kier alpha value is -1.89. The first-order valence-electron chi connectivity index (χ1n) is 7.09. The molecule has 0 unspecified atom stereocenters. The summed E-state index contributed by atoms with van der Waals surface area (Å²) < 4.78 is 13.8. The van der Waals surface area contributed by atoms with E-state index in [4.69, 9.17) is 0 Å². The van der Waals surface area contributed by atoms with Gasteiger partial charge in [0.2, 0.25) is 5.91 Å². The molecule has 0 bridgehead atoms. The van der Waals surface area contributed by atoms with Crippen LogP contribution in [-0.2, 0) is 11.2 Å². The highest BCUT2D eigenvalue weighted by molar-refractivity contribution is 9.10. The molecule has 0 radical (unpaired) electrons. The molecule has 1 aliphatic heterocycles. The lowest BCUT2D eigenvalue weighted by molar-refractivity contribution is -0.130. The molecule has 2 aromatic rings. The van der Waals surface area contributed by atoms with Gasteiger partial charge in [-0.25, -0.2) is 4.39 Å². The molecule has 116 valence electrons. The summed E-state index contributed by atoms with van der Waals surface area (Å²) in [6.07, 6.45) is 1.96. The average molecular weight is 367 g/mol. The Morgan fingerprint density at radius 3 is 2.50 bits per heavy atom. The SMILES string of the molecule is O=C(Cc1[nH]ncc1Br)N1CCN(c2ccc(F)cc2)CC1. The molecule has 1 N–H and O–H groups in total. The molecule has 1 saturated heterocycles. The Morgan fingerprint density at radius 1 is 1.23 bits per heavy atom. The Balaban J connectivity index is 1.56. The predicted octanol–water partition coefficient (Wildman–Crippen LogP) is 2.20. The van der Waals surface area contributed by atoms with Crippen molar-refractivity contribution >= 4 is 27.5 Å². The van der Waals surface area contributed by atoms with E-state index in [0.29, 0.717) is 19.5 Å². The first-order chi connectivity index (χ1) is 10.6. The number of nitrogens with zero attached hydrogens (tertiary/aromatic N) is 3. The highest BCUT2D eigenvalue weighted by Crippen LogP contribution is 2.18. The van der Waals surface area contributed by atoms with Gasteiger partial charge in [0.25, 0.3) is 0 Å². The maximum Gasteiger partial charge on any atom is 0.228 e. The Labute approximate surface area is 136 Å². The van der Waals surface area contributed by atoms with Gasteiger partial charge in [-0.3, -0.25) is 9.89 Å². The topological polar surface area (TPSA) is 52.2 Å². The van der Waals surface area contributed by atoms with Gasteiger partial charge in [-0.1, -0.05) is 0 Å². The van der Waals surface area contributed by atoms with Gasteiger partial charge in [0.15, 0.2) is 0 Å². The van der Waals surface area contributed by atoms with E-state index >= 15 is 0 Å². The lowest BCUT2D eigenvalue weighted by atomic mass is 10.2. The summed E-state index contributed by atoms with van der Waals surface area (Å²) in [6, 6.07) is 6.47. The van der Waals surface area contributed by atoms with E-state index in [9.17, 15) is 9.18 Å². The fourth-order valence-electron chi connectivity index (χ4n) is 2.55. The molecular weight excluding hydrogens is 351 g/mol. The second-order valence-electron chi connectivity index (χ2n) is 5.22. The van der Waals surface area contributed by atoms with Crippen LogP contribution in [0.3, 0.4) is 0 Å². The largest absolute Gasteiger partial charge is 0.368 e. The Morgan fingerprint density at radius 2 is 1.91 bits per heavy atom. The zero-order chi connectivity index (χ0) is 15.5. The molecule has 1 aromatic heterocycles. The molecule has 0 atom stereocenters. The normalized spacial score (nSPS) is 15.2.